The van der Waals surface area contributed by atoms with Crippen molar-refractivity contribution >= 4 is 5.69 Å². The molecule has 0 radical (unpaired) electrons. The Hall–Kier alpha value is -1.95. The molecule has 0 fully saturated rings. The van der Waals surface area contributed by atoms with E-state index >= 15 is 0 Å². The van der Waals surface area contributed by atoms with Crippen LogP contribution >= 0.6 is 0 Å². The normalized spacial score (nSPS) is 10.9. The van der Waals surface area contributed by atoms with Crippen molar-refractivity contribution in [1.82, 2.24) is 20.2 Å². The summed E-state index contributed by atoms with van der Waals surface area (Å²) in [5.41, 5.74) is 9.89. The van der Waals surface area contributed by atoms with Crippen LogP contribution in [-0.4, -0.2) is 33.9 Å². The highest BCUT2D eigenvalue weighted by atomic mass is 16.5. The number of aromatic nitrogens is 4. The van der Waals surface area contributed by atoms with E-state index in [-0.39, 0.29) is 0 Å². The number of rotatable bonds is 5. The predicted octanol–water partition coefficient (Wildman–Crippen LogP) is 1.58. The van der Waals surface area contributed by atoms with Crippen molar-refractivity contribution in [2.24, 2.45) is 0 Å². The third-order valence-corrected chi connectivity index (χ3v) is 3.10. The van der Waals surface area contributed by atoms with Crippen LogP contribution in [-0.2, 0) is 11.3 Å². The van der Waals surface area contributed by atoms with Crippen LogP contribution in [0.3, 0.4) is 0 Å². The zero-order valence-electron chi connectivity index (χ0n) is 11.6. The maximum atomic E-state index is 5.97. The standard InChI is InChI=1S/C13H19N5O/c1-9-7-10(2)12(14)8-11(9)13-15-16-17-18(13)5-4-6-19-3/h7-8H,4-6,14H2,1-3H3. The van der Waals surface area contributed by atoms with E-state index in [1.54, 1.807) is 11.8 Å². The minimum Gasteiger partial charge on any atom is -0.398 e. The molecule has 0 unspecified atom stereocenters. The molecular weight excluding hydrogens is 242 g/mol. The van der Waals surface area contributed by atoms with Gasteiger partial charge in [0.25, 0.3) is 0 Å². The number of hydrogen-bond donors (Lipinski definition) is 1. The molecule has 2 aromatic rings. The second-order valence-corrected chi connectivity index (χ2v) is 4.60. The fraction of sp³-hybridized carbons (Fsp3) is 0.462. The second kappa shape index (κ2) is 5.79. The van der Waals surface area contributed by atoms with Crippen LogP contribution in [0, 0.1) is 13.8 Å². The highest BCUT2D eigenvalue weighted by molar-refractivity contribution is 5.67. The van der Waals surface area contributed by atoms with Crippen LogP contribution < -0.4 is 5.73 Å². The molecule has 2 N–H and O–H groups in total. The van der Waals surface area contributed by atoms with Crippen molar-refractivity contribution in [3.05, 3.63) is 23.3 Å². The van der Waals surface area contributed by atoms with Crippen molar-refractivity contribution in [2.75, 3.05) is 19.5 Å². The summed E-state index contributed by atoms with van der Waals surface area (Å²) < 4.78 is 6.83. The second-order valence-electron chi connectivity index (χ2n) is 4.60. The average Bonchev–Trinajstić information content (AvgIpc) is 2.82. The first-order valence-corrected chi connectivity index (χ1v) is 6.25. The lowest BCUT2D eigenvalue weighted by Gasteiger charge is -2.09. The molecule has 0 aliphatic rings. The Morgan fingerprint density at radius 1 is 1.26 bits per heavy atom. The van der Waals surface area contributed by atoms with Crippen LogP contribution in [0.2, 0.25) is 0 Å². The van der Waals surface area contributed by atoms with Gasteiger partial charge in [0.15, 0.2) is 5.82 Å². The monoisotopic (exact) mass is 261 g/mol. The lowest BCUT2D eigenvalue weighted by atomic mass is 10.0. The molecule has 102 valence electrons. The van der Waals surface area contributed by atoms with Gasteiger partial charge in [-0.2, -0.15) is 0 Å². The summed E-state index contributed by atoms with van der Waals surface area (Å²) in [7, 11) is 1.69. The molecule has 19 heavy (non-hydrogen) atoms. The summed E-state index contributed by atoms with van der Waals surface area (Å²) in [4.78, 5) is 0. The third-order valence-electron chi connectivity index (χ3n) is 3.10. The molecule has 0 aliphatic heterocycles. The number of nitrogens with zero attached hydrogens (tertiary/aromatic N) is 4. The summed E-state index contributed by atoms with van der Waals surface area (Å²) in [5, 5.41) is 11.9. The van der Waals surface area contributed by atoms with Crippen molar-refractivity contribution < 1.29 is 4.74 Å². The van der Waals surface area contributed by atoms with E-state index in [0.29, 0.717) is 6.61 Å². The van der Waals surface area contributed by atoms with Gasteiger partial charge in [-0.1, -0.05) is 6.07 Å². The number of hydrogen-bond acceptors (Lipinski definition) is 5. The molecule has 1 heterocycles. The molecule has 0 spiro atoms. The van der Waals surface area contributed by atoms with Crippen LogP contribution in [0.4, 0.5) is 5.69 Å². The van der Waals surface area contributed by atoms with Gasteiger partial charge in [-0.25, -0.2) is 4.68 Å². The molecule has 6 nitrogen and oxygen atoms in total. The SMILES string of the molecule is COCCCn1nnnc1-c1cc(N)c(C)cc1C. The van der Waals surface area contributed by atoms with E-state index in [9.17, 15) is 0 Å². The van der Waals surface area contributed by atoms with Gasteiger partial charge in [0.2, 0.25) is 0 Å². The zero-order valence-corrected chi connectivity index (χ0v) is 11.6. The summed E-state index contributed by atoms with van der Waals surface area (Å²) in [6, 6.07) is 3.99. The van der Waals surface area contributed by atoms with Gasteiger partial charge in [-0.15, -0.1) is 5.10 Å². The molecule has 0 aliphatic carbocycles. The first-order valence-electron chi connectivity index (χ1n) is 6.25. The lowest BCUT2D eigenvalue weighted by molar-refractivity contribution is 0.189. The van der Waals surface area contributed by atoms with E-state index in [1.165, 1.54) is 0 Å². The lowest BCUT2D eigenvalue weighted by Crippen LogP contribution is -2.06. The van der Waals surface area contributed by atoms with Gasteiger partial charge >= 0.3 is 0 Å². The van der Waals surface area contributed by atoms with Gasteiger partial charge in [0.1, 0.15) is 0 Å². The number of tetrazole rings is 1. The number of aryl methyl sites for hydroxylation is 3. The Morgan fingerprint density at radius 3 is 2.79 bits per heavy atom. The fourth-order valence-electron chi connectivity index (χ4n) is 2.02. The molecule has 0 amide bonds. The van der Waals surface area contributed by atoms with Crippen molar-refractivity contribution in [3.8, 4) is 11.4 Å². The van der Waals surface area contributed by atoms with Crippen LogP contribution in [0.5, 0.6) is 0 Å². The minimum atomic E-state index is 0.689. The molecule has 1 aromatic heterocycles. The van der Waals surface area contributed by atoms with Crippen molar-refractivity contribution in [3.63, 3.8) is 0 Å². The van der Waals surface area contributed by atoms with E-state index in [2.05, 4.69) is 21.6 Å². The van der Waals surface area contributed by atoms with Crippen LogP contribution in [0.25, 0.3) is 11.4 Å². The summed E-state index contributed by atoms with van der Waals surface area (Å²) in [5.74, 6) is 0.750. The Kier molecular flexibility index (Phi) is 4.11. The Labute approximate surface area is 112 Å². The molecule has 0 saturated carbocycles. The largest absolute Gasteiger partial charge is 0.398 e. The molecule has 6 heteroatoms. The summed E-state index contributed by atoms with van der Waals surface area (Å²) >= 11 is 0. The molecule has 0 saturated heterocycles. The molecule has 2 rings (SSSR count). The number of anilines is 1. The highest BCUT2D eigenvalue weighted by Crippen LogP contribution is 2.25. The Morgan fingerprint density at radius 2 is 2.05 bits per heavy atom. The maximum absolute atomic E-state index is 5.97. The predicted molar refractivity (Wildman–Crippen MR) is 73.6 cm³/mol. The van der Waals surface area contributed by atoms with Crippen LogP contribution in [0.1, 0.15) is 17.5 Å². The van der Waals surface area contributed by atoms with Crippen molar-refractivity contribution in [2.45, 2.75) is 26.8 Å². The number of nitrogens with two attached hydrogens (primary N) is 1. The minimum absolute atomic E-state index is 0.689. The van der Waals surface area contributed by atoms with Gasteiger partial charge in [0, 0.05) is 31.5 Å². The van der Waals surface area contributed by atoms with Gasteiger partial charge in [-0.05, 0) is 47.9 Å². The molecule has 0 atom stereocenters. The van der Waals surface area contributed by atoms with E-state index < -0.39 is 0 Å². The molecular formula is C13H19N5O. The third kappa shape index (κ3) is 2.90. The number of benzene rings is 1. The number of ether oxygens (including phenoxy) is 1. The van der Waals surface area contributed by atoms with Gasteiger partial charge in [-0.3, -0.25) is 0 Å². The van der Waals surface area contributed by atoms with Gasteiger partial charge < -0.3 is 10.5 Å². The van der Waals surface area contributed by atoms with Gasteiger partial charge in [0.05, 0.1) is 0 Å². The fourth-order valence-corrected chi connectivity index (χ4v) is 2.02. The first-order chi connectivity index (χ1) is 9.13. The Balaban J connectivity index is 2.32. The van der Waals surface area contributed by atoms with E-state index in [1.807, 2.05) is 19.9 Å². The van der Waals surface area contributed by atoms with Crippen LogP contribution in [0.15, 0.2) is 12.1 Å². The molecule has 1 aromatic carbocycles. The zero-order chi connectivity index (χ0) is 13.8. The molecule has 0 bridgehead atoms. The van der Waals surface area contributed by atoms with E-state index in [0.717, 1.165) is 41.2 Å². The summed E-state index contributed by atoms with van der Waals surface area (Å²) in [6.07, 6.45) is 0.870. The van der Waals surface area contributed by atoms with Crippen molar-refractivity contribution in [1.29, 1.82) is 0 Å². The number of nitrogen functional groups attached to an aromatic ring is 1. The highest BCUT2D eigenvalue weighted by Gasteiger charge is 2.12. The van der Waals surface area contributed by atoms with E-state index in [4.69, 9.17) is 10.5 Å². The Bertz CT molecular complexity index is 564. The average molecular weight is 261 g/mol. The first kappa shape index (κ1) is 13.5. The maximum Gasteiger partial charge on any atom is 0.182 e. The summed E-state index contributed by atoms with van der Waals surface area (Å²) in [6.45, 7) is 5.45. The number of methoxy groups -OCH3 is 1. The quantitative estimate of drug-likeness (QED) is 0.653. The topological polar surface area (TPSA) is 78.8 Å². The smallest absolute Gasteiger partial charge is 0.182 e.